The summed E-state index contributed by atoms with van der Waals surface area (Å²) < 4.78 is 5.33. The van der Waals surface area contributed by atoms with Crippen LogP contribution in [-0.4, -0.2) is 41.2 Å². The average Bonchev–Trinajstić information content (AvgIpc) is 2.94. The Hall–Kier alpha value is -1.13. The van der Waals surface area contributed by atoms with Crippen LogP contribution >= 0.6 is 0 Å². The normalized spacial score (nSPS) is 32.7. The second kappa shape index (κ2) is 3.96. The summed E-state index contributed by atoms with van der Waals surface area (Å²) in [6, 6.07) is 3.93. The lowest BCUT2D eigenvalue weighted by atomic mass is 9.88. The van der Waals surface area contributed by atoms with Crippen LogP contribution in [-0.2, 0) is 5.60 Å². The van der Waals surface area contributed by atoms with Gasteiger partial charge in [-0.25, -0.2) is 0 Å². The minimum Gasteiger partial charge on any atom is -0.495 e. The van der Waals surface area contributed by atoms with E-state index in [4.69, 9.17) is 4.74 Å². The summed E-state index contributed by atoms with van der Waals surface area (Å²) in [5, 5.41) is 11.0. The molecule has 2 aliphatic heterocycles. The Bertz CT molecular complexity index is 424. The molecule has 0 aromatic carbocycles. The highest BCUT2D eigenvalue weighted by Gasteiger charge is 2.51. The van der Waals surface area contributed by atoms with Crippen LogP contribution in [0.1, 0.15) is 25.0 Å². The van der Waals surface area contributed by atoms with Crippen LogP contribution in [0.15, 0.2) is 18.3 Å². The molecule has 3 rings (SSSR count). The van der Waals surface area contributed by atoms with Crippen LogP contribution in [0.3, 0.4) is 0 Å². The van der Waals surface area contributed by atoms with E-state index in [-0.39, 0.29) is 6.04 Å². The molecule has 0 saturated carbocycles. The summed E-state index contributed by atoms with van der Waals surface area (Å²) in [7, 11) is 1.63. The van der Waals surface area contributed by atoms with Crippen molar-refractivity contribution in [3.8, 4) is 5.75 Å². The van der Waals surface area contributed by atoms with Crippen molar-refractivity contribution >= 4 is 0 Å². The van der Waals surface area contributed by atoms with Crippen molar-refractivity contribution in [1.82, 2.24) is 9.88 Å². The van der Waals surface area contributed by atoms with Crippen molar-refractivity contribution in [1.29, 1.82) is 0 Å². The average molecular weight is 234 g/mol. The van der Waals surface area contributed by atoms with E-state index in [1.165, 1.54) is 6.42 Å². The number of nitrogens with zero attached hydrogens (tertiary/aromatic N) is 2. The second-order valence-corrected chi connectivity index (χ2v) is 4.92. The predicted octanol–water partition coefficient (Wildman–Crippen LogP) is 1.15. The Morgan fingerprint density at radius 1 is 1.53 bits per heavy atom. The standard InChI is InChI=1S/C13H18N2O2/c1-17-10-4-2-7-14-12(10)13(16)6-9-15-8-3-5-11(13)15/h2,4,7,11,16H,3,5-6,8-9H2,1H3. The third kappa shape index (κ3) is 1.55. The molecule has 1 aromatic rings. The molecule has 2 saturated heterocycles. The Morgan fingerprint density at radius 3 is 3.24 bits per heavy atom. The van der Waals surface area contributed by atoms with Crippen molar-refractivity contribution < 1.29 is 9.84 Å². The Morgan fingerprint density at radius 2 is 2.41 bits per heavy atom. The van der Waals surface area contributed by atoms with E-state index in [1.807, 2.05) is 12.1 Å². The molecule has 92 valence electrons. The van der Waals surface area contributed by atoms with Crippen molar-refractivity contribution in [2.24, 2.45) is 0 Å². The summed E-state index contributed by atoms with van der Waals surface area (Å²) in [6.07, 6.45) is 4.71. The Balaban J connectivity index is 2.02. The number of methoxy groups -OCH3 is 1. The van der Waals surface area contributed by atoms with Gasteiger partial charge >= 0.3 is 0 Å². The van der Waals surface area contributed by atoms with Gasteiger partial charge in [-0.3, -0.25) is 9.88 Å². The van der Waals surface area contributed by atoms with Crippen LogP contribution in [0, 0.1) is 0 Å². The van der Waals surface area contributed by atoms with Gasteiger partial charge in [0.25, 0.3) is 0 Å². The van der Waals surface area contributed by atoms with Crippen LogP contribution in [0.25, 0.3) is 0 Å². The van der Waals surface area contributed by atoms with Gasteiger partial charge in [-0.2, -0.15) is 0 Å². The lowest BCUT2D eigenvalue weighted by Gasteiger charge is -2.30. The molecule has 2 aliphatic rings. The fourth-order valence-electron chi connectivity index (χ4n) is 3.27. The van der Waals surface area contributed by atoms with Gasteiger partial charge in [0.2, 0.25) is 0 Å². The third-order valence-electron chi connectivity index (χ3n) is 4.10. The first-order chi connectivity index (χ1) is 8.25. The van der Waals surface area contributed by atoms with Gasteiger partial charge in [0.05, 0.1) is 7.11 Å². The summed E-state index contributed by atoms with van der Waals surface area (Å²) in [6.45, 7) is 2.06. The van der Waals surface area contributed by atoms with Crippen LogP contribution < -0.4 is 4.74 Å². The highest BCUT2D eigenvalue weighted by molar-refractivity contribution is 5.34. The monoisotopic (exact) mass is 234 g/mol. The van der Waals surface area contributed by atoms with Crippen molar-refractivity contribution in [3.63, 3.8) is 0 Å². The third-order valence-corrected chi connectivity index (χ3v) is 4.10. The van der Waals surface area contributed by atoms with Crippen LogP contribution in [0.2, 0.25) is 0 Å². The van der Waals surface area contributed by atoms with Crippen LogP contribution in [0.4, 0.5) is 0 Å². The number of aromatic nitrogens is 1. The SMILES string of the molecule is COc1cccnc1C1(O)CCN2CCCC21. The molecule has 0 bridgehead atoms. The van der Waals surface area contributed by atoms with Gasteiger partial charge in [-0.1, -0.05) is 0 Å². The summed E-state index contributed by atoms with van der Waals surface area (Å²) in [4.78, 5) is 6.73. The molecule has 0 aliphatic carbocycles. The first-order valence-electron chi connectivity index (χ1n) is 6.21. The zero-order valence-corrected chi connectivity index (χ0v) is 10.1. The molecule has 4 heteroatoms. The number of fused-ring (bicyclic) bond motifs is 1. The van der Waals surface area contributed by atoms with E-state index in [2.05, 4.69) is 9.88 Å². The smallest absolute Gasteiger partial charge is 0.143 e. The minimum atomic E-state index is -0.830. The molecular formula is C13H18N2O2. The van der Waals surface area contributed by atoms with Crippen molar-refractivity contribution in [3.05, 3.63) is 24.0 Å². The summed E-state index contributed by atoms with van der Waals surface area (Å²) in [5.74, 6) is 0.698. The molecule has 0 amide bonds. The molecule has 17 heavy (non-hydrogen) atoms. The molecule has 1 N–H and O–H groups in total. The number of ether oxygens (including phenoxy) is 1. The van der Waals surface area contributed by atoms with Gasteiger partial charge in [-0.15, -0.1) is 0 Å². The van der Waals surface area contributed by atoms with Crippen LogP contribution in [0.5, 0.6) is 5.75 Å². The largest absolute Gasteiger partial charge is 0.495 e. The molecule has 0 radical (unpaired) electrons. The fraction of sp³-hybridized carbons (Fsp3) is 0.615. The molecule has 4 nitrogen and oxygen atoms in total. The van der Waals surface area contributed by atoms with Gasteiger partial charge in [0, 0.05) is 18.8 Å². The summed E-state index contributed by atoms with van der Waals surface area (Å²) >= 11 is 0. The van der Waals surface area contributed by atoms with E-state index >= 15 is 0 Å². The molecular weight excluding hydrogens is 216 g/mol. The number of hydrogen-bond acceptors (Lipinski definition) is 4. The van der Waals surface area contributed by atoms with Gasteiger partial charge in [0.15, 0.2) is 0 Å². The second-order valence-electron chi connectivity index (χ2n) is 4.92. The number of pyridine rings is 1. The maximum Gasteiger partial charge on any atom is 0.143 e. The van der Waals surface area contributed by atoms with E-state index in [0.717, 1.165) is 25.9 Å². The maximum absolute atomic E-state index is 11.0. The first-order valence-corrected chi connectivity index (χ1v) is 6.21. The summed E-state index contributed by atoms with van der Waals surface area (Å²) in [5.41, 5.74) is -0.125. The van der Waals surface area contributed by atoms with Gasteiger partial charge in [0.1, 0.15) is 17.0 Å². The van der Waals surface area contributed by atoms with Crippen molar-refractivity contribution in [2.45, 2.75) is 30.9 Å². The zero-order chi connectivity index (χ0) is 11.9. The number of hydrogen-bond donors (Lipinski definition) is 1. The van der Waals surface area contributed by atoms with E-state index < -0.39 is 5.60 Å². The highest BCUT2D eigenvalue weighted by Crippen LogP contribution is 2.44. The maximum atomic E-state index is 11.0. The molecule has 2 fully saturated rings. The predicted molar refractivity (Wildman–Crippen MR) is 63.9 cm³/mol. The fourth-order valence-corrected chi connectivity index (χ4v) is 3.27. The molecule has 3 heterocycles. The lowest BCUT2D eigenvalue weighted by molar-refractivity contribution is 0.00321. The van der Waals surface area contributed by atoms with E-state index in [9.17, 15) is 5.11 Å². The van der Waals surface area contributed by atoms with E-state index in [0.29, 0.717) is 11.4 Å². The van der Waals surface area contributed by atoms with Gasteiger partial charge in [-0.05, 0) is 37.9 Å². The molecule has 0 spiro atoms. The minimum absolute atomic E-state index is 0.214. The van der Waals surface area contributed by atoms with E-state index in [1.54, 1.807) is 13.3 Å². The highest BCUT2D eigenvalue weighted by atomic mass is 16.5. The number of aliphatic hydroxyl groups is 1. The zero-order valence-electron chi connectivity index (χ0n) is 10.1. The quantitative estimate of drug-likeness (QED) is 0.833. The molecule has 1 aromatic heterocycles. The molecule has 2 atom stereocenters. The molecule has 2 unspecified atom stereocenters. The first kappa shape index (κ1) is 11.0. The Labute approximate surface area is 101 Å². The van der Waals surface area contributed by atoms with Gasteiger partial charge < -0.3 is 9.84 Å². The lowest BCUT2D eigenvalue weighted by Crippen LogP contribution is -2.39. The number of rotatable bonds is 2. The van der Waals surface area contributed by atoms with Crippen molar-refractivity contribution in [2.75, 3.05) is 20.2 Å². The Kier molecular flexibility index (Phi) is 2.56. The topological polar surface area (TPSA) is 45.6 Å².